The summed E-state index contributed by atoms with van der Waals surface area (Å²) in [5.74, 6) is -4.64. The number of aliphatic carboxylic acids is 1. The molecule has 0 saturated carbocycles. The van der Waals surface area contributed by atoms with Crippen molar-refractivity contribution in [3.05, 3.63) is 31.4 Å². The smallest absolute Gasteiger partial charge is 0.303 e. The highest BCUT2D eigenvalue weighted by molar-refractivity contribution is 14.1. The van der Waals surface area contributed by atoms with E-state index >= 15 is 0 Å². The average Bonchev–Trinajstić information content (AvgIpc) is 2.74. The molecule has 1 aromatic rings. The van der Waals surface area contributed by atoms with Crippen molar-refractivity contribution in [2.45, 2.75) is 44.3 Å². The van der Waals surface area contributed by atoms with Crippen LogP contribution in [0.5, 0.6) is 5.75 Å². The van der Waals surface area contributed by atoms with Gasteiger partial charge in [-0.2, -0.15) is 0 Å². The van der Waals surface area contributed by atoms with Crippen LogP contribution in [-0.2, 0) is 19.2 Å². The van der Waals surface area contributed by atoms with Gasteiger partial charge in [0.15, 0.2) is 0 Å². The highest BCUT2D eigenvalue weighted by Crippen LogP contribution is 2.31. The number of halogens is 1. The molecule has 1 aliphatic rings. The second kappa shape index (κ2) is 11.6. The van der Waals surface area contributed by atoms with E-state index in [4.69, 9.17) is 15.6 Å². The second-order valence-corrected chi connectivity index (χ2v) is 8.51. The number of carboxylic acids is 1. The molecule has 6 N–H and O–H groups in total. The first-order chi connectivity index (χ1) is 15.9. The lowest BCUT2D eigenvalue weighted by molar-refractivity contribution is -0.385. The number of non-ortho nitro benzene ring substituents is 1. The van der Waals surface area contributed by atoms with Crippen molar-refractivity contribution in [2.75, 3.05) is 6.61 Å². The van der Waals surface area contributed by atoms with Crippen LogP contribution in [-0.4, -0.2) is 64.4 Å². The van der Waals surface area contributed by atoms with Gasteiger partial charge in [0.05, 0.1) is 20.7 Å². The van der Waals surface area contributed by atoms with Gasteiger partial charge in [-0.1, -0.05) is 0 Å². The Morgan fingerprint density at radius 3 is 2.50 bits per heavy atom. The Kier molecular flexibility index (Phi) is 9.11. The number of nitrogens with zero attached hydrogens (tertiary/aromatic N) is 1. The van der Waals surface area contributed by atoms with Crippen LogP contribution in [0.2, 0.25) is 0 Å². The van der Waals surface area contributed by atoms with Crippen molar-refractivity contribution in [3.63, 3.8) is 0 Å². The fourth-order valence-corrected chi connectivity index (χ4v) is 3.78. The molecule has 2 rings (SSSR count). The van der Waals surface area contributed by atoms with E-state index < -0.39 is 59.1 Å². The van der Waals surface area contributed by atoms with Gasteiger partial charge in [0, 0.05) is 25.0 Å². The molecule has 14 nitrogen and oxygen atoms in total. The fourth-order valence-electron chi connectivity index (χ4n) is 3.01. The molecule has 0 bridgehead atoms. The molecule has 0 radical (unpaired) electrons. The zero-order valence-electron chi connectivity index (χ0n) is 17.8. The van der Waals surface area contributed by atoms with Crippen LogP contribution in [0.25, 0.3) is 0 Å². The van der Waals surface area contributed by atoms with Crippen molar-refractivity contribution >= 4 is 57.9 Å². The van der Waals surface area contributed by atoms with Crippen LogP contribution < -0.4 is 26.4 Å². The van der Waals surface area contributed by atoms with Gasteiger partial charge >= 0.3 is 5.97 Å². The van der Waals surface area contributed by atoms with E-state index in [-0.39, 0.29) is 40.0 Å². The van der Waals surface area contributed by atoms with Crippen LogP contribution in [0.1, 0.15) is 36.5 Å². The molecule has 0 unspecified atom stereocenters. The molecule has 1 aliphatic heterocycles. The number of nitrogens with one attached hydrogen (secondary N) is 3. The number of carbonyl (C=O) groups excluding carboxylic acids is 4. The highest BCUT2D eigenvalue weighted by Gasteiger charge is 2.30. The van der Waals surface area contributed by atoms with Crippen LogP contribution in [0.4, 0.5) is 5.69 Å². The molecule has 0 saturated heterocycles. The number of nitrogens with two attached hydrogens (primary N) is 1. The maximum absolute atomic E-state index is 12.9. The summed E-state index contributed by atoms with van der Waals surface area (Å²) in [6.45, 7) is 1.10. The van der Waals surface area contributed by atoms with E-state index in [2.05, 4.69) is 16.0 Å². The number of nitro groups is 1. The molecule has 1 heterocycles. The second-order valence-electron chi connectivity index (χ2n) is 7.35. The van der Waals surface area contributed by atoms with Gasteiger partial charge in [0.1, 0.15) is 23.9 Å². The summed E-state index contributed by atoms with van der Waals surface area (Å²) in [6.07, 6.45) is -0.882. The standard InChI is InChI=1S/C19H22IN5O9/c1-8-17(29)24-13(2-3-14(26)27)19(31)23-12(16(21)28)4-5-34-15-10(18(30)22-8)6-9(25(32)33)7-11(15)20/h6-8,12-13H,2-5H2,1H3,(H2,21,28)(H,22,30)(H,23,31)(H,24,29)(H,26,27)/t8-,12-,13-/m0/s1. The number of amides is 4. The monoisotopic (exact) mass is 591 g/mol. The zero-order chi connectivity index (χ0) is 25.6. The van der Waals surface area contributed by atoms with E-state index in [1.165, 1.54) is 13.0 Å². The van der Waals surface area contributed by atoms with Gasteiger partial charge in [-0.15, -0.1) is 0 Å². The molecule has 0 aliphatic carbocycles. The van der Waals surface area contributed by atoms with Crippen LogP contribution in [0.15, 0.2) is 12.1 Å². The molecule has 1 aromatic carbocycles. The number of nitro benzene ring substituents is 1. The molecular weight excluding hydrogens is 569 g/mol. The zero-order valence-corrected chi connectivity index (χ0v) is 20.0. The largest absolute Gasteiger partial charge is 0.492 e. The third-order valence-corrected chi connectivity index (χ3v) is 5.62. The van der Waals surface area contributed by atoms with E-state index in [1.807, 2.05) is 0 Å². The Hall–Kier alpha value is -3.50. The van der Waals surface area contributed by atoms with Crippen LogP contribution in [0.3, 0.4) is 0 Å². The lowest BCUT2D eigenvalue weighted by Crippen LogP contribution is -2.56. The Morgan fingerprint density at radius 2 is 1.91 bits per heavy atom. The minimum atomic E-state index is -1.33. The predicted molar refractivity (Wildman–Crippen MR) is 123 cm³/mol. The summed E-state index contributed by atoms with van der Waals surface area (Å²) in [5, 5.41) is 27.3. The maximum atomic E-state index is 12.9. The van der Waals surface area contributed by atoms with Gasteiger partial charge in [-0.05, 0) is 35.9 Å². The molecular formula is C19H22IN5O9. The van der Waals surface area contributed by atoms with E-state index in [0.717, 1.165) is 6.07 Å². The number of hydrogen-bond donors (Lipinski definition) is 5. The summed E-state index contributed by atoms with van der Waals surface area (Å²) in [7, 11) is 0. The van der Waals surface area contributed by atoms with Gasteiger partial charge in [0.2, 0.25) is 17.7 Å². The molecule has 0 aromatic heterocycles. The Labute approximate surface area is 206 Å². The number of hydrogen-bond acceptors (Lipinski definition) is 8. The van der Waals surface area contributed by atoms with E-state index in [1.54, 1.807) is 22.6 Å². The normalized spacial score (nSPS) is 21.6. The third kappa shape index (κ3) is 7.00. The number of benzene rings is 1. The van der Waals surface area contributed by atoms with Crippen molar-refractivity contribution in [2.24, 2.45) is 5.73 Å². The first-order valence-corrected chi connectivity index (χ1v) is 11.0. The first-order valence-electron chi connectivity index (χ1n) is 9.94. The highest BCUT2D eigenvalue weighted by atomic mass is 127. The van der Waals surface area contributed by atoms with Gasteiger partial charge < -0.3 is 31.5 Å². The van der Waals surface area contributed by atoms with Crippen molar-refractivity contribution in [3.8, 4) is 5.75 Å². The third-order valence-electron chi connectivity index (χ3n) is 4.82. The van der Waals surface area contributed by atoms with Gasteiger partial charge in [0.25, 0.3) is 11.6 Å². The number of ether oxygens (including phenoxy) is 1. The fraction of sp³-hybridized carbons (Fsp3) is 0.421. The van der Waals surface area contributed by atoms with Crippen molar-refractivity contribution in [1.82, 2.24) is 16.0 Å². The topological polar surface area (TPSA) is 220 Å². The summed E-state index contributed by atoms with van der Waals surface area (Å²) in [5.41, 5.74) is 4.76. The minimum Gasteiger partial charge on any atom is -0.492 e. The van der Waals surface area contributed by atoms with Crippen LogP contribution >= 0.6 is 22.6 Å². The SMILES string of the molecule is C[C@@H]1NC(=O)c2cc([N+](=O)[O-])cc(I)c2OCC[C@@H](C(N)=O)NC(=O)[C@H](CCC(=O)O)NC1=O. The lowest BCUT2D eigenvalue weighted by Gasteiger charge is -2.24. The summed E-state index contributed by atoms with van der Waals surface area (Å²) in [6, 6.07) is -1.60. The maximum Gasteiger partial charge on any atom is 0.303 e. The van der Waals surface area contributed by atoms with Crippen LogP contribution in [0, 0.1) is 13.7 Å². The lowest BCUT2D eigenvalue weighted by atomic mass is 10.1. The van der Waals surface area contributed by atoms with Crippen molar-refractivity contribution in [1.29, 1.82) is 0 Å². The number of fused-ring (bicyclic) bond motifs is 1. The average molecular weight is 591 g/mol. The molecule has 4 amide bonds. The van der Waals surface area contributed by atoms with E-state index in [9.17, 15) is 34.1 Å². The first kappa shape index (κ1) is 26.7. The number of carboxylic acid groups (broad SMARTS) is 1. The molecule has 15 heteroatoms. The molecule has 0 fully saturated rings. The number of carbonyl (C=O) groups is 5. The summed E-state index contributed by atoms with van der Waals surface area (Å²) >= 11 is 1.75. The van der Waals surface area contributed by atoms with Crippen molar-refractivity contribution < 1.29 is 38.7 Å². The molecule has 0 spiro atoms. The molecule has 3 atom stereocenters. The number of rotatable bonds is 5. The summed E-state index contributed by atoms with van der Waals surface area (Å²) < 4.78 is 5.85. The molecule has 34 heavy (non-hydrogen) atoms. The van der Waals surface area contributed by atoms with Gasteiger partial charge in [-0.3, -0.25) is 34.1 Å². The quantitative estimate of drug-likeness (QED) is 0.168. The predicted octanol–water partition coefficient (Wildman–Crippen LogP) is -0.580. The Balaban J connectivity index is 2.46. The summed E-state index contributed by atoms with van der Waals surface area (Å²) in [4.78, 5) is 71.5. The Morgan fingerprint density at radius 1 is 1.24 bits per heavy atom. The van der Waals surface area contributed by atoms with E-state index in [0.29, 0.717) is 0 Å². The van der Waals surface area contributed by atoms with Gasteiger partial charge in [-0.25, -0.2) is 0 Å². The minimum absolute atomic E-state index is 0.0118. The number of primary amides is 1. The Bertz CT molecular complexity index is 1030. The molecule has 184 valence electrons.